The van der Waals surface area contributed by atoms with Crippen LogP contribution in [0.25, 0.3) is 0 Å². The number of carbonyl (C=O) groups is 2. The zero-order chi connectivity index (χ0) is 19.3. The highest BCUT2D eigenvalue weighted by Gasteiger charge is 2.60. The monoisotopic (exact) mass is 375 g/mol. The first-order valence-corrected chi connectivity index (χ1v) is 8.83. The Labute approximate surface area is 158 Å². The molecular weight excluding hydrogens is 354 g/mol. The van der Waals surface area contributed by atoms with E-state index < -0.39 is 17.2 Å². The number of nitrogen functional groups attached to an aromatic ring is 1. The molecule has 2 atom stereocenters. The fraction of sp³-hybridized carbons (Fsp3) is 0.474. The molecule has 0 saturated carbocycles. The maximum atomic E-state index is 13.1. The molecule has 3 rings (SSSR count). The molecule has 0 aromatic heterocycles. The van der Waals surface area contributed by atoms with Crippen LogP contribution in [0.1, 0.15) is 32.8 Å². The van der Waals surface area contributed by atoms with E-state index in [4.69, 9.17) is 22.1 Å². The smallest absolute Gasteiger partial charge is 0.411 e. The third-order valence-electron chi connectivity index (χ3n) is 4.67. The van der Waals surface area contributed by atoms with Crippen LogP contribution in [0.5, 0.6) is 0 Å². The molecule has 1 aromatic carbocycles. The number of likely N-dealkylation sites (tertiary alicyclic amines) is 1. The van der Waals surface area contributed by atoms with Gasteiger partial charge in [0.2, 0.25) is 0 Å². The molecule has 1 heterocycles. The van der Waals surface area contributed by atoms with Crippen LogP contribution in [0.15, 0.2) is 12.1 Å². The number of nitrogens with two attached hydrogens (primary N) is 1. The lowest BCUT2D eigenvalue weighted by Crippen LogP contribution is -2.61. The maximum Gasteiger partial charge on any atom is 0.411 e. The van der Waals surface area contributed by atoms with E-state index in [9.17, 15) is 9.59 Å². The fourth-order valence-corrected chi connectivity index (χ4v) is 3.37. The van der Waals surface area contributed by atoms with E-state index in [0.29, 0.717) is 34.9 Å². The predicted octanol–water partition coefficient (Wildman–Crippen LogP) is 3.18. The van der Waals surface area contributed by atoms with Gasteiger partial charge in [0.05, 0.1) is 17.3 Å². The third-order valence-corrected chi connectivity index (χ3v) is 5.07. The topological polar surface area (TPSA) is 84.7 Å². The van der Waals surface area contributed by atoms with Crippen molar-refractivity contribution in [1.82, 2.24) is 4.90 Å². The van der Waals surface area contributed by atoms with Crippen LogP contribution < -0.4 is 11.1 Å². The largest absolute Gasteiger partial charge is 0.444 e. The molecule has 1 aliphatic carbocycles. The Balaban J connectivity index is 1.87. The number of carbonyl (C=O) groups excluding carboxylic acids is 2. The number of fused-ring (bicyclic) bond motifs is 1. The van der Waals surface area contributed by atoms with Gasteiger partial charge in [-0.1, -0.05) is 23.4 Å². The zero-order valence-electron chi connectivity index (χ0n) is 15.3. The summed E-state index contributed by atoms with van der Waals surface area (Å²) >= 11 is 6.05. The fourth-order valence-electron chi connectivity index (χ4n) is 3.20. The van der Waals surface area contributed by atoms with Gasteiger partial charge in [0, 0.05) is 11.6 Å². The van der Waals surface area contributed by atoms with Crippen LogP contribution in [0, 0.1) is 24.7 Å². The van der Waals surface area contributed by atoms with Gasteiger partial charge in [0.1, 0.15) is 5.60 Å². The van der Waals surface area contributed by atoms with Crippen molar-refractivity contribution in [3.63, 3.8) is 0 Å². The number of nitrogens with zero attached hydrogens (tertiary/aromatic N) is 1. The van der Waals surface area contributed by atoms with E-state index in [1.165, 1.54) is 4.90 Å². The highest BCUT2D eigenvalue weighted by Crippen LogP contribution is 2.42. The number of hydrogen-bond donors (Lipinski definition) is 2. The van der Waals surface area contributed by atoms with Crippen LogP contribution >= 0.6 is 11.6 Å². The summed E-state index contributed by atoms with van der Waals surface area (Å²) in [6.07, 6.45) is 0.0961. The molecule has 0 bridgehead atoms. The van der Waals surface area contributed by atoms with Crippen molar-refractivity contribution in [1.29, 1.82) is 0 Å². The van der Waals surface area contributed by atoms with Crippen molar-refractivity contribution in [2.24, 2.45) is 5.92 Å². The summed E-state index contributed by atoms with van der Waals surface area (Å²) < 4.78 is 5.46. The second-order valence-electron chi connectivity index (χ2n) is 7.60. The molecule has 1 aromatic rings. The lowest BCUT2D eigenvalue weighted by atomic mass is 9.77. The van der Waals surface area contributed by atoms with Gasteiger partial charge in [-0.3, -0.25) is 9.69 Å². The maximum absolute atomic E-state index is 13.1. The minimum atomic E-state index is -1.21. The third kappa shape index (κ3) is 2.86. The molecule has 1 saturated heterocycles. The summed E-state index contributed by atoms with van der Waals surface area (Å²) in [5.74, 6) is 5.30. The van der Waals surface area contributed by atoms with Crippen molar-refractivity contribution in [3.05, 3.63) is 22.7 Å². The average Bonchev–Trinajstić information content (AvgIpc) is 2.77. The number of benzene rings is 1. The Morgan fingerprint density at radius 2 is 2.12 bits per heavy atom. The number of amides is 2. The molecule has 2 amide bonds. The van der Waals surface area contributed by atoms with Crippen LogP contribution in [0.2, 0.25) is 5.02 Å². The van der Waals surface area contributed by atoms with Gasteiger partial charge in [-0.15, -0.1) is 0 Å². The van der Waals surface area contributed by atoms with Gasteiger partial charge in [-0.25, -0.2) is 4.79 Å². The van der Waals surface area contributed by atoms with Gasteiger partial charge in [-0.2, -0.15) is 0 Å². The molecule has 7 heteroatoms. The van der Waals surface area contributed by atoms with Gasteiger partial charge in [0.15, 0.2) is 5.54 Å². The molecule has 3 N–H and O–H groups in total. The average molecular weight is 376 g/mol. The number of anilines is 2. The molecule has 26 heavy (non-hydrogen) atoms. The number of ether oxygens (including phenoxy) is 1. The normalized spacial score (nSPS) is 23.4. The summed E-state index contributed by atoms with van der Waals surface area (Å²) in [5, 5.41) is 3.34. The van der Waals surface area contributed by atoms with Crippen molar-refractivity contribution in [3.8, 4) is 11.8 Å². The minimum absolute atomic E-state index is 0.204. The molecule has 0 unspecified atom stereocenters. The number of halogens is 1. The first kappa shape index (κ1) is 18.4. The molecule has 1 aliphatic heterocycles. The van der Waals surface area contributed by atoms with Crippen LogP contribution in [-0.2, 0) is 9.53 Å². The molecule has 138 valence electrons. The Morgan fingerprint density at radius 3 is 2.69 bits per heavy atom. The number of rotatable bonds is 2. The number of nitrogens with one attached hydrogen (secondary N) is 1. The highest BCUT2D eigenvalue weighted by molar-refractivity contribution is 6.32. The molecular formula is C19H22ClN3O3. The van der Waals surface area contributed by atoms with Gasteiger partial charge < -0.3 is 15.8 Å². The SMILES string of the molecule is Cc1c(Cl)ccc(NC(=O)[C@]23C#C[C@H]2CCN3C(=O)OC(C)(C)C)c1N. The summed E-state index contributed by atoms with van der Waals surface area (Å²) in [5.41, 5.74) is 5.74. The molecule has 1 fully saturated rings. The van der Waals surface area contributed by atoms with Gasteiger partial charge in [0.25, 0.3) is 5.91 Å². The summed E-state index contributed by atoms with van der Waals surface area (Å²) in [6.45, 7) is 7.54. The molecule has 0 radical (unpaired) electrons. The van der Waals surface area contributed by atoms with Crippen molar-refractivity contribution < 1.29 is 14.3 Å². The number of hydrogen-bond acceptors (Lipinski definition) is 4. The van der Waals surface area contributed by atoms with E-state index in [1.807, 2.05) is 0 Å². The lowest BCUT2D eigenvalue weighted by molar-refractivity contribution is -0.125. The van der Waals surface area contributed by atoms with E-state index >= 15 is 0 Å². The molecule has 6 nitrogen and oxygen atoms in total. The standard InChI is InChI=1S/C19H22ClN3O3/c1-11-13(20)5-6-14(15(11)21)22-16(24)19-9-7-12(19)8-10-23(19)17(25)26-18(2,3)4/h5-6,12H,8,10,21H2,1-4H3,(H,22,24)/t12-,19-/m0/s1. The van der Waals surface area contributed by atoms with E-state index in [0.717, 1.165) is 0 Å². The second kappa shape index (κ2) is 6.10. The molecule has 0 spiro atoms. The lowest BCUT2D eigenvalue weighted by Gasteiger charge is -2.39. The summed E-state index contributed by atoms with van der Waals surface area (Å²) in [4.78, 5) is 27.1. The van der Waals surface area contributed by atoms with Crippen molar-refractivity contribution in [2.45, 2.75) is 45.3 Å². The Kier molecular flexibility index (Phi) is 4.32. The Hall–Kier alpha value is -2.39. The highest BCUT2D eigenvalue weighted by atomic mass is 35.5. The van der Waals surface area contributed by atoms with Crippen LogP contribution in [0.3, 0.4) is 0 Å². The van der Waals surface area contributed by atoms with E-state index in [2.05, 4.69) is 17.2 Å². The quantitative estimate of drug-likeness (QED) is 0.614. The minimum Gasteiger partial charge on any atom is -0.444 e. The second-order valence-corrected chi connectivity index (χ2v) is 8.00. The zero-order valence-corrected chi connectivity index (χ0v) is 16.0. The van der Waals surface area contributed by atoms with Crippen molar-refractivity contribution in [2.75, 3.05) is 17.6 Å². The first-order valence-electron chi connectivity index (χ1n) is 8.45. The van der Waals surface area contributed by atoms with Crippen LogP contribution in [-0.4, -0.2) is 34.6 Å². The summed E-state index contributed by atoms with van der Waals surface area (Å²) in [6, 6.07) is 3.32. The van der Waals surface area contributed by atoms with Crippen molar-refractivity contribution >= 4 is 35.0 Å². The van der Waals surface area contributed by atoms with Gasteiger partial charge >= 0.3 is 6.09 Å². The Bertz CT molecular complexity index is 850. The van der Waals surface area contributed by atoms with Gasteiger partial charge in [-0.05, 0) is 51.8 Å². The molecule has 2 aliphatic rings. The predicted molar refractivity (Wildman–Crippen MR) is 101 cm³/mol. The summed E-state index contributed by atoms with van der Waals surface area (Å²) in [7, 11) is 0. The Morgan fingerprint density at radius 1 is 1.42 bits per heavy atom. The van der Waals surface area contributed by atoms with E-state index in [-0.39, 0.29) is 11.8 Å². The van der Waals surface area contributed by atoms with E-state index in [1.54, 1.807) is 39.8 Å². The first-order chi connectivity index (χ1) is 12.1. The van der Waals surface area contributed by atoms with Crippen LogP contribution in [0.4, 0.5) is 16.2 Å².